The van der Waals surface area contributed by atoms with Crippen LogP contribution >= 0.6 is 39.0 Å². The van der Waals surface area contributed by atoms with Gasteiger partial charge in [0.25, 0.3) is 0 Å². The second-order valence-corrected chi connectivity index (χ2v) is 8.30. The fourth-order valence-corrected chi connectivity index (χ4v) is 4.93. The molecule has 108 valence electrons. The zero-order valence-electron chi connectivity index (χ0n) is 11.1. The zero-order chi connectivity index (χ0) is 13.9. The Morgan fingerprint density at radius 1 is 1.45 bits per heavy atom. The minimum absolute atomic E-state index is 0.330. The van der Waals surface area contributed by atoms with Crippen LogP contribution in [0.3, 0.4) is 0 Å². The Morgan fingerprint density at radius 2 is 2.35 bits per heavy atom. The summed E-state index contributed by atoms with van der Waals surface area (Å²) in [6.07, 6.45) is 1.15. The van der Waals surface area contributed by atoms with E-state index in [4.69, 9.17) is 4.52 Å². The lowest BCUT2D eigenvalue weighted by Crippen LogP contribution is -2.34. The van der Waals surface area contributed by atoms with E-state index in [1.165, 1.54) is 0 Å². The van der Waals surface area contributed by atoms with Gasteiger partial charge in [0.05, 0.1) is 14.6 Å². The van der Waals surface area contributed by atoms with Crippen molar-refractivity contribution in [1.29, 1.82) is 0 Å². The van der Waals surface area contributed by atoms with E-state index in [0.29, 0.717) is 17.8 Å². The fourth-order valence-electron chi connectivity index (χ4n) is 2.25. The molecule has 0 spiro atoms. The Balaban J connectivity index is 1.75. The molecule has 0 bridgehead atoms. The third-order valence-electron chi connectivity index (χ3n) is 3.29. The van der Waals surface area contributed by atoms with Crippen molar-refractivity contribution in [2.75, 3.05) is 18.1 Å². The molecule has 0 radical (unpaired) electrons. The second kappa shape index (κ2) is 6.60. The maximum Gasteiger partial charge on any atom is 0.232 e. The molecule has 2 atom stereocenters. The van der Waals surface area contributed by atoms with Gasteiger partial charge in [-0.1, -0.05) is 12.1 Å². The molecule has 1 aliphatic rings. The maximum atomic E-state index is 5.50. The van der Waals surface area contributed by atoms with Gasteiger partial charge >= 0.3 is 0 Å². The van der Waals surface area contributed by atoms with E-state index in [1.807, 2.05) is 23.9 Å². The Morgan fingerprint density at radius 3 is 3.10 bits per heavy atom. The zero-order valence-corrected chi connectivity index (χ0v) is 14.4. The van der Waals surface area contributed by atoms with Gasteiger partial charge in [-0.25, -0.2) is 0 Å². The van der Waals surface area contributed by atoms with Gasteiger partial charge in [-0.05, 0) is 41.0 Å². The minimum Gasteiger partial charge on any atom is -0.339 e. The smallest absolute Gasteiger partial charge is 0.232 e. The predicted molar refractivity (Wildman–Crippen MR) is 87.5 cm³/mol. The van der Waals surface area contributed by atoms with Crippen LogP contribution in [-0.4, -0.2) is 34.2 Å². The van der Waals surface area contributed by atoms with Crippen LogP contribution < -0.4 is 5.32 Å². The summed E-state index contributed by atoms with van der Waals surface area (Å²) in [6, 6.07) is 4.47. The highest BCUT2D eigenvalue weighted by Gasteiger charge is 2.33. The lowest BCUT2D eigenvalue weighted by atomic mass is 10.0. The van der Waals surface area contributed by atoms with Gasteiger partial charge in [0, 0.05) is 17.5 Å². The van der Waals surface area contributed by atoms with Crippen LogP contribution in [0.1, 0.15) is 25.2 Å². The van der Waals surface area contributed by atoms with Gasteiger partial charge in [-0.15, -0.1) is 11.3 Å². The molecule has 0 aromatic carbocycles. The summed E-state index contributed by atoms with van der Waals surface area (Å²) in [4.78, 5) is 5.63. The van der Waals surface area contributed by atoms with E-state index in [-0.39, 0.29) is 0 Å². The van der Waals surface area contributed by atoms with Crippen molar-refractivity contribution in [1.82, 2.24) is 15.5 Å². The standard InChI is InChI=1S/C13H16BrN3OS2/c1-2-5-15-9-7-19-6-8(9)13-16-12(17-18-13)10-3-4-11(14)20-10/h3-4,8-9,15H,2,5-7H2,1H3. The Kier molecular flexibility index (Phi) is 4.80. The first-order valence-corrected chi connectivity index (χ1v) is 9.44. The van der Waals surface area contributed by atoms with Gasteiger partial charge in [-0.3, -0.25) is 0 Å². The van der Waals surface area contributed by atoms with E-state index >= 15 is 0 Å². The number of nitrogens with one attached hydrogen (secondary N) is 1. The maximum absolute atomic E-state index is 5.50. The molecule has 3 rings (SSSR count). The molecule has 7 heteroatoms. The Bertz CT molecular complexity index is 571. The van der Waals surface area contributed by atoms with Crippen LogP contribution in [0.5, 0.6) is 0 Å². The molecule has 1 saturated heterocycles. The third kappa shape index (κ3) is 3.10. The summed E-state index contributed by atoms with van der Waals surface area (Å²) in [7, 11) is 0. The SMILES string of the molecule is CCCNC1CSCC1c1nc(-c2ccc(Br)s2)no1. The molecule has 2 aromatic heterocycles. The van der Waals surface area contributed by atoms with Crippen molar-refractivity contribution >= 4 is 39.0 Å². The average molecular weight is 374 g/mol. The lowest BCUT2D eigenvalue weighted by Gasteiger charge is -2.16. The van der Waals surface area contributed by atoms with Gasteiger partial charge in [0.15, 0.2) is 0 Å². The quantitative estimate of drug-likeness (QED) is 0.864. The summed E-state index contributed by atoms with van der Waals surface area (Å²) in [5.41, 5.74) is 0. The Hall–Kier alpha value is -0.370. The van der Waals surface area contributed by atoms with Crippen molar-refractivity contribution in [3.63, 3.8) is 0 Å². The number of thioether (sulfide) groups is 1. The van der Waals surface area contributed by atoms with Crippen LogP contribution in [-0.2, 0) is 0 Å². The summed E-state index contributed by atoms with van der Waals surface area (Å²) in [6.45, 7) is 3.23. The summed E-state index contributed by atoms with van der Waals surface area (Å²) >= 11 is 7.03. The molecule has 3 heterocycles. The number of nitrogens with zero attached hydrogens (tertiary/aromatic N) is 2. The number of hydrogen-bond acceptors (Lipinski definition) is 6. The largest absolute Gasteiger partial charge is 0.339 e. The van der Waals surface area contributed by atoms with Crippen LogP contribution in [0, 0.1) is 0 Å². The third-order valence-corrected chi connectivity index (χ3v) is 6.10. The average Bonchev–Trinajstić information content (AvgIpc) is 3.15. The van der Waals surface area contributed by atoms with E-state index in [1.54, 1.807) is 11.3 Å². The van der Waals surface area contributed by atoms with E-state index in [0.717, 1.165) is 39.0 Å². The molecule has 2 unspecified atom stereocenters. The molecule has 4 nitrogen and oxygen atoms in total. The normalized spacial score (nSPS) is 22.5. The van der Waals surface area contributed by atoms with Crippen molar-refractivity contribution in [3.05, 3.63) is 21.8 Å². The first-order chi connectivity index (χ1) is 9.78. The molecular formula is C13H16BrN3OS2. The van der Waals surface area contributed by atoms with Crippen LogP contribution in [0.25, 0.3) is 10.7 Å². The molecule has 0 aliphatic carbocycles. The van der Waals surface area contributed by atoms with E-state index < -0.39 is 0 Å². The first kappa shape index (κ1) is 14.6. The highest BCUT2D eigenvalue weighted by Crippen LogP contribution is 2.34. The first-order valence-electron chi connectivity index (χ1n) is 6.68. The fraction of sp³-hybridized carbons (Fsp3) is 0.538. The number of hydrogen-bond donors (Lipinski definition) is 1. The van der Waals surface area contributed by atoms with Gasteiger partial charge in [0.1, 0.15) is 0 Å². The topological polar surface area (TPSA) is 51.0 Å². The van der Waals surface area contributed by atoms with Crippen molar-refractivity contribution < 1.29 is 4.52 Å². The van der Waals surface area contributed by atoms with E-state index in [2.05, 4.69) is 38.3 Å². The number of aromatic nitrogens is 2. The van der Waals surface area contributed by atoms with Gasteiger partial charge < -0.3 is 9.84 Å². The molecule has 0 amide bonds. The molecule has 1 N–H and O–H groups in total. The highest BCUT2D eigenvalue weighted by molar-refractivity contribution is 9.11. The Labute approximate surface area is 134 Å². The van der Waals surface area contributed by atoms with Crippen molar-refractivity contribution in [3.8, 4) is 10.7 Å². The molecule has 20 heavy (non-hydrogen) atoms. The summed E-state index contributed by atoms with van der Waals surface area (Å²) < 4.78 is 6.58. The van der Waals surface area contributed by atoms with Crippen LogP contribution in [0.2, 0.25) is 0 Å². The van der Waals surface area contributed by atoms with Crippen molar-refractivity contribution in [2.24, 2.45) is 0 Å². The monoisotopic (exact) mass is 373 g/mol. The van der Waals surface area contributed by atoms with Gasteiger partial charge in [-0.2, -0.15) is 16.7 Å². The molecule has 2 aromatic rings. The lowest BCUT2D eigenvalue weighted by molar-refractivity contribution is 0.339. The van der Waals surface area contributed by atoms with Gasteiger partial charge in [0.2, 0.25) is 11.7 Å². The summed E-state index contributed by atoms with van der Waals surface area (Å²) in [5, 5.41) is 7.70. The molecular weight excluding hydrogens is 358 g/mol. The van der Waals surface area contributed by atoms with E-state index in [9.17, 15) is 0 Å². The minimum atomic E-state index is 0.330. The summed E-state index contributed by atoms with van der Waals surface area (Å²) in [5.74, 6) is 3.96. The number of rotatable bonds is 5. The number of halogens is 1. The second-order valence-electron chi connectivity index (χ2n) is 4.76. The molecule has 0 saturated carbocycles. The number of thiophene rings is 1. The molecule has 1 fully saturated rings. The van der Waals surface area contributed by atoms with Crippen molar-refractivity contribution in [2.45, 2.75) is 25.3 Å². The highest BCUT2D eigenvalue weighted by atomic mass is 79.9. The molecule has 1 aliphatic heterocycles. The predicted octanol–water partition coefficient (Wildman–Crippen LogP) is 3.76. The van der Waals surface area contributed by atoms with Crippen LogP contribution in [0.15, 0.2) is 20.4 Å². The van der Waals surface area contributed by atoms with Crippen LogP contribution in [0.4, 0.5) is 0 Å².